The van der Waals surface area contributed by atoms with Crippen molar-refractivity contribution in [2.45, 2.75) is 38.3 Å². The highest BCUT2D eigenvalue weighted by molar-refractivity contribution is 7.07. The van der Waals surface area contributed by atoms with Crippen LogP contribution in [0, 0.1) is 0 Å². The number of rotatable bonds is 10. The van der Waals surface area contributed by atoms with Crippen LogP contribution in [-0.2, 0) is 12.8 Å². The number of thiophene rings is 1. The minimum Gasteiger partial charge on any atom is -0.378 e. The van der Waals surface area contributed by atoms with Crippen molar-refractivity contribution >= 4 is 22.7 Å². The summed E-state index contributed by atoms with van der Waals surface area (Å²) in [7, 11) is 4.06. The maximum atomic E-state index is 12.2. The van der Waals surface area contributed by atoms with Crippen molar-refractivity contribution in [3.63, 3.8) is 0 Å². The van der Waals surface area contributed by atoms with Gasteiger partial charge in [0.15, 0.2) is 0 Å². The lowest BCUT2D eigenvalue weighted by atomic mass is 9.95. The van der Waals surface area contributed by atoms with Crippen LogP contribution in [0.5, 0.6) is 0 Å². The first-order valence-electron chi connectivity index (χ1n) is 9.83. The summed E-state index contributed by atoms with van der Waals surface area (Å²) >= 11 is 1.66. The fourth-order valence-electron chi connectivity index (χ4n) is 3.51. The first-order valence-corrected chi connectivity index (χ1v) is 10.8. The standard InChI is InChI=1S/C23H29N3O2S/c1-23(2,13-17-10-11-29-15-17)25-20-19(21(27)22(20)28)24-14-18(26(3)4)12-16-8-6-5-7-9-16/h5-11,15,18,24-25H,12-14H2,1-4H3/t18-/m0/s1. The summed E-state index contributed by atoms with van der Waals surface area (Å²) in [4.78, 5) is 26.5. The van der Waals surface area contributed by atoms with Crippen LogP contribution in [0.2, 0.25) is 0 Å². The van der Waals surface area contributed by atoms with Crippen molar-refractivity contribution in [2.75, 3.05) is 31.3 Å². The van der Waals surface area contributed by atoms with Gasteiger partial charge in [-0.05, 0) is 68.7 Å². The van der Waals surface area contributed by atoms with Crippen LogP contribution in [0.25, 0.3) is 0 Å². The van der Waals surface area contributed by atoms with Crippen LogP contribution >= 0.6 is 11.3 Å². The Morgan fingerprint density at radius 2 is 1.69 bits per heavy atom. The van der Waals surface area contributed by atoms with Gasteiger partial charge in [0.25, 0.3) is 10.9 Å². The van der Waals surface area contributed by atoms with Crippen molar-refractivity contribution < 1.29 is 0 Å². The molecule has 1 aromatic heterocycles. The van der Waals surface area contributed by atoms with E-state index in [0.29, 0.717) is 17.9 Å². The summed E-state index contributed by atoms with van der Waals surface area (Å²) in [6, 6.07) is 12.6. The van der Waals surface area contributed by atoms with Gasteiger partial charge in [-0.2, -0.15) is 11.3 Å². The molecule has 6 heteroatoms. The van der Waals surface area contributed by atoms with Crippen LogP contribution in [0.4, 0.5) is 11.4 Å². The number of hydrogen-bond acceptors (Lipinski definition) is 6. The van der Waals surface area contributed by atoms with E-state index in [-0.39, 0.29) is 11.6 Å². The molecular formula is C23H29N3O2S. The third kappa shape index (κ3) is 5.34. The van der Waals surface area contributed by atoms with Gasteiger partial charge in [0, 0.05) is 18.1 Å². The molecule has 1 heterocycles. The van der Waals surface area contributed by atoms with E-state index in [2.05, 4.69) is 39.1 Å². The van der Waals surface area contributed by atoms with Gasteiger partial charge in [0.1, 0.15) is 11.4 Å². The fourth-order valence-corrected chi connectivity index (χ4v) is 4.18. The molecule has 0 aliphatic carbocycles. The van der Waals surface area contributed by atoms with Gasteiger partial charge < -0.3 is 15.5 Å². The smallest absolute Gasteiger partial charge is 0.253 e. The highest BCUT2D eigenvalue weighted by Crippen LogP contribution is 2.24. The maximum Gasteiger partial charge on any atom is 0.253 e. The lowest BCUT2D eigenvalue weighted by molar-refractivity contribution is 0.303. The van der Waals surface area contributed by atoms with Gasteiger partial charge in [-0.1, -0.05) is 30.3 Å². The zero-order valence-electron chi connectivity index (χ0n) is 17.5. The lowest BCUT2D eigenvalue weighted by Crippen LogP contribution is -2.45. The summed E-state index contributed by atoms with van der Waals surface area (Å²) in [6.45, 7) is 4.68. The summed E-state index contributed by atoms with van der Waals surface area (Å²) in [5.74, 6) is 0. The molecule has 2 N–H and O–H groups in total. The van der Waals surface area contributed by atoms with Gasteiger partial charge in [-0.25, -0.2) is 0 Å². The number of likely N-dealkylation sites (N-methyl/N-ethyl adjacent to an activating group) is 1. The van der Waals surface area contributed by atoms with Gasteiger partial charge >= 0.3 is 0 Å². The Morgan fingerprint density at radius 1 is 1.00 bits per heavy atom. The van der Waals surface area contributed by atoms with Crippen molar-refractivity contribution in [2.24, 2.45) is 0 Å². The monoisotopic (exact) mass is 411 g/mol. The molecule has 3 aromatic rings. The summed E-state index contributed by atoms with van der Waals surface area (Å²) in [6.07, 6.45) is 1.64. The minimum absolute atomic E-state index is 0.202. The molecule has 154 valence electrons. The Hall–Kier alpha value is -2.44. The SMILES string of the molecule is CN(C)[C@H](CNc1c(NC(C)(C)Cc2ccsc2)c(=O)c1=O)Cc1ccccc1. The largest absolute Gasteiger partial charge is 0.378 e. The Labute approximate surface area is 176 Å². The second-order valence-electron chi connectivity index (χ2n) is 8.41. The minimum atomic E-state index is -0.435. The van der Waals surface area contributed by atoms with Crippen molar-refractivity contribution in [3.05, 3.63) is 78.7 Å². The predicted octanol–water partition coefficient (Wildman–Crippen LogP) is 3.36. The molecule has 29 heavy (non-hydrogen) atoms. The summed E-state index contributed by atoms with van der Waals surface area (Å²) in [5, 5.41) is 10.7. The molecule has 1 atom stereocenters. The molecule has 0 saturated carbocycles. The highest BCUT2D eigenvalue weighted by atomic mass is 32.1. The van der Waals surface area contributed by atoms with E-state index < -0.39 is 10.9 Å². The fraction of sp³-hybridized carbons (Fsp3) is 0.391. The molecule has 0 saturated heterocycles. The second kappa shape index (κ2) is 8.93. The van der Waals surface area contributed by atoms with Crippen LogP contribution < -0.4 is 21.5 Å². The Morgan fingerprint density at radius 3 is 2.31 bits per heavy atom. The van der Waals surface area contributed by atoms with E-state index in [0.717, 1.165) is 12.8 Å². The van der Waals surface area contributed by atoms with E-state index in [1.807, 2.05) is 51.5 Å². The molecule has 3 rings (SSSR count). The lowest BCUT2D eigenvalue weighted by Gasteiger charge is -2.30. The van der Waals surface area contributed by atoms with E-state index in [1.165, 1.54) is 11.1 Å². The number of nitrogens with one attached hydrogen (secondary N) is 2. The second-order valence-corrected chi connectivity index (χ2v) is 9.19. The molecule has 0 radical (unpaired) electrons. The van der Waals surface area contributed by atoms with Crippen LogP contribution in [0.3, 0.4) is 0 Å². The predicted molar refractivity (Wildman–Crippen MR) is 123 cm³/mol. The van der Waals surface area contributed by atoms with E-state index in [1.54, 1.807) is 11.3 Å². The summed E-state index contributed by atoms with van der Waals surface area (Å²) < 4.78 is 0. The molecule has 0 amide bonds. The average molecular weight is 412 g/mol. The van der Waals surface area contributed by atoms with Crippen LogP contribution in [-0.4, -0.2) is 37.1 Å². The third-order valence-electron chi connectivity index (χ3n) is 5.16. The van der Waals surface area contributed by atoms with Gasteiger partial charge in [-0.15, -0.1) is 0 Å². The first kappa shape index (κ1) is 21.3. The highest BCUT2D eigenvalue weighted by Gasteiger charge is 2.28. The zero-order chi connectivity index (χ0) is 21.0. The number of benzene rings is 1. The van der Waals surface area contributed by atoms with Crippen molar-refractivity contribution in [1.29, 1.82) is 0 Å². The molecule has 2 aromatic carbocycles. The molecule has 0 bridgehead atoms. The Kier molecular flexibility index (Phi) is 6.55. The molecule has 0 unspecified atom stereocenters. The number of hydrogen-bond donors (Lipinski definition) is 2. The quantitative estimate of drug-likeness (QED) is 0.501. The molecule has 5 nitrogen and oxygen atoms in total. The van der Waals surface area contributed by atoms with Gasteiger partial charge in [0.2, 0.25) is 0 Å². The van der Waals surface area contributed by atoms with Crippen LogP contribution in [0.15, 0.2) is 56.7 Å². The van der Waals surface area contributed by atoms with Gasteiger partial charge in [-0.3, -0.25) is 9.59 Å². The third-order valence-corrected chi connectivity index (χ3v) is 5.89. The molecule has 0 aliphatic heterocycles. The van der Waals surface area contributed by atoms with Crippen molar-refractivity contribution in [3.8, 4) is 0 Å². The van der Waals surface area contributed by atoms with Crippen molar-refractivity contribution in [1.82, 2.24) is 4.90 Å². The normalized spacial score (nSPS) is 13.0. The van der Waals surface area contributed by atoms with Crippen LogP contribution in [0.1, 0.15) is 25.0 Å². The number of nitrogens with zero attached hydrogens (tertiary/aromatic N) is 1. The Bertz CT molecular complexity index is 987. The first-order chi connectivity index (χ1) is 13.8. The Balaban J connectivity index is 1.67. The maximum absolute atomic E-state index is 12.2. The molecular weight excluding hydrogens is 382 g/mol. The molecule has 0 aliphatic rings. The van der Waals surface area contributed by atoms with E-state index in [9.17, 15) is 9.59 Å². The molecule has 0 fully saturated rings. The van der Waals surface area contributed by atoms with E-state index in [4.69, 9.17) is 0 Å². The van der Waals surface area contributed by atoms with Gasteiger partial charge in [0.05, 0.1) is 0 Å². The zero-order valence-corrected chi connectivity index (χ0v) is 18.3. The topological polar surface area (TPSA) is 61.4 Å². The van der Waals surface area contributed by atoms with E-state index >= 15 is 0 Å². The summed E-state index contributed by atoms with van der Waals surface area (Å²) in [5.41, 5.74) is 2.08. The average Bonchev–Trinajstić information content (AvgIpc) is 3.18. The molecule has 0 spiro atoms. The number of anilines is 2.